The van der Waals surface area contributed by atoms with Gasteiger partial charge in [-0.25, -0.2) is 0 Å². The van der Waals surface area contributed by atoms with Crippen LogP contribution in [0.25, 0.3) is 0 Å². The Morgan fingerprint density at radius 1 is 1.20 bits per heavy atom. The molecule has 0 aromatic heterocycles. The van der Waals surface area contributed by atoms with Gasteiger partial charge in [-0.2, -0.15) is 0 Å². The van der Waals surface area contributed by atoms with Gasteiger partial charge >= 0.3 is 0 Å². The highest BCUT2D eigenvalue weighted by molar-refractivity contribution is 9.10. The van der Waals surface area contributed by atoms with Crippen molar-refractivity contribution in [1.82, 2.24) is 10.2 Å². The summed E-state index contributed by atoms with van der Waals surface area (Å²) in [6, 6.07) is 13.8. The number of hydrogen-bond acceptors (Lipinski definition) is 4. The average molecular weight is 405 g/mol. The third-order valence-electron chi connectivity index (χ3n) is 4.05. The molecule has 0 spiro atoms. The molecular formula is C19H21BrN2O3. The molecule has 1 aliphatic rings. The highest BCUT2D eigenvalue weighted by Crippen LogP contribution is 2.34. The molecule has 132 valence electrons. The minimum absolute atomic E-state index is 0.00946. The largest absolute Gasteiger partial charge is 0.454 e. The van der Waals surface area contributed by atoms with Crippen LogP contribution in [0.15, 0.2) is 46.9 Å². The van der Waals surface area contributed by atoms with Crippen LogP contribution in [-0.2, 0) is 11.3 Å². The van der Waals surface area contributed by atoms with Crippen LogP contribution in [0.1, 0.15) is 24.1 Å². The van der Waals surface area contributed by atoms with Gasteiger partial charge in [0.05, 0.1) is 12.6 Å². The van der Waals surface area contributed by atoms with E-state index in [4.69, 9.17) is 9.47 Å². The number of carbonyl (C=O) groups excluding carboxylic acids is 1. The van der Waals surface area contributed by atoms with Gasteiger partial charge in [0.25, 0.3) is 0 Å². The summed E-state index contributed by atoms with van der Waals surface area (Å²) in [5.41, 5.74) is 2.16. The van der Waals surface area contributed by atoms with Crippen molar-refractivity contribution in [2.45, 2.75) is 19.5 Å². The maximum absolute atomic E-state index is 12.3. The Balaban J connectivity index is 1.52. The third kappa shape index (κ3) is 4.74. The topological polar surface area (TPSA) is 50.8 Å². The van der Waals surface area contributed by atoms with Crippen molar-refractivity contribution in [2.75, 3.05) is 20.4 Å². The highest BCUT2D eigenvalue weighted by Gasteiger charge is 2.17. The first-order chi connectivity index (χ1) is 12.0. The molecule has 1 heterocycles. The van der Waals surface area contributed by atoms with Crippen LogP contribution in [0.3, 0.4) is 0 Å². The first-order valence-electron chi connectivity index (χ1n) is 8.13. The van der Waals surface area contributed by atoms with Gasteiger partial charge in [0, 0.05) is 11.0 Å². The number of ether oxygens (including phenoxy) is 2. The minimum Gasteiger partial charge on any atom is -0.454 e. The highest BCUT2D eigenvalue weighted by atomic mass is 79.9. The molecule has 5 nitrogen and oxygen atoms in total. The molecule has 2 aromatic rings. The first-order valence-corrected chi connectivity index (χ1v) is 8.92. The van der Waals surface area contributed by atoms with E-state index in [0.29, 0.717) is 6.54 Å². The molecule has 1 atom stereocenters. The van der Waals surface area contributed by atoms with Crippen molar-refractivity contribution in [3.63, 3.8) is 0 Å². The second kappa shape index (κ2) is 7.89. The van der Waals surface area contributed by atoms with Crippen LogP contribution in [0, 0.1) is 0 Å². The molecule has 0 saturated carbocycles. The van der Waals surface area contributed by atoms with Gasteiger partial charge in [-0.1, -0.05) is 34.1 Å². The van der Waals surface area contributed by atoms with Crippen LogP contribution < -0.4 is 14.8 Å². The zero-order valence-corrected chi connectivity index (χ0v) is 15.9. The van der Waals surface area contributed by atoms with Crippen LogP contribution >= 0.6 is 15.9 Å². The van der Waals surface area contributed by atoms with E-state index in [1.807, 2.05) is 61.3 Å². The maximum atomic E-state index is 12.3. The average Bonchev–Trinajstić information content (AvgIpc) is 3.04. The Bertz CT molecular complexity index is 749. The predicted octanol–water partition coefficient (Wildman–Crippen LogP) is 3.49. The van der Waals surface area contributed by atoms with E-state index in [2.05, 4.69) is 21.2 Å². The van der Waals surface area contributed by atoms with E-state index in [1.165, 1.54) is 5.56 Å². The molecule has 0 unspecified atom stereocenters. The Morgan fingerprint density at radius 2 is 1.92 bits per heavy atom. The zero-order chi connectivity index (χ0) is 17.8. The third-order valence-corrected chi connectivity index (χ3v) is 4.58. The van der Waals surface area contributed by atoms with Gasteiger partial charge in [-0.15, -0.1) is 0 Å². The van der Waals surface area contributed by atoms with Crippen molar-refractivity contribution >= 4 is 21.8 Å². The van der Waals surface area contributed by atoms with E-state index in [1.54, 1.807) is 0 Å². The number of nitrogens with zero attached hydrogens (tertiary/aromatic N) is 1. The fourth-order valence-electron chi connectivity index (χ4n) is 2.76. The SMILES string of the molecule is C[C@@H](NC(=O)CN(C)Cc1ccc(Br)cc1)c1ccc2c(c1)OCO2. The van der Waals surface area contributed by atoms with Gasteiger partial charge in [-0.05, 0) is 49.4 Å². The first kappa shape index (κ1) is 17.8. The van der Waals surface area contributed by atoms with Gasteiger partial charge in [-0.3, -0.25) is 9.69 Å². The molecule has 6 heteroatoms. The van der Waals surface area contributed by atoms with Crippen LogP contribution in [0.4, 0.5) is 0 Å². The normalized spacial score (nSPS) is 13.8. The number of amides is 1. The van der Waals surface area contributed by atoms with E-state index < -0.39 is 0 Å². The molecule has 0 bridgehead atoms. The molecule has 25 heavy (non-hydrogen) atoms. The van der Waals surface area contributed by atoms with Crippen molar-refractivity contribution < 1.29 is 14.3 Å². The van der Waals surface area contributed by atoms with Gasteiger partial charge in [0.2, 0.25) is 12.7 Å². The van der Waals surface area contributed by atoms with Crippen molar-refractivity contribution in [3.05, 3.63) is 58.1 Å². The maximum Gasteiger partial charge on any atom is 0.234 e. The van der Waals surface area contributed by atoms with E-state index in [9.17, 15) is 4.79 Å². The minimum atomic E-state index is -0.0944. The quantitative estimate of drug-likeness (QED) is 0.800. The molecule has 0 fully saturated rings. The molecular weight excluding hydrogens is 384 g/mol. The fourth-order valence-corrected chi connectivity index (χ4v) is 3.02. The predicted molar refractivity (Wildman–Crippen MR) is 99.6 cm³/mol. The van der Waals surface area contributed by atoms with Crippen molar-refractivity contribution in [3.8, 4) is 11.5 Å². The number of benzene rings is 2. The standard InChI is InChI=1S/C19H21BrN2O3/c1-13(15-5-8-17-18(9-15)25-12-24-17)21-19(23)11-22(2)10-14-3-6-16(20)7-4-14/h3-9,13H,10-12H2,1-2H3,(H,21,23)/t13-/m1/s1. The monoisotopic (exact) mass is 404 g/mol. The summed E-state index contributed by atoms with van der Waals surface area (Å²) in [6.45, 7) is 3.27. The summed E-state index contributed by atoms with van der Waals surface area (Å²) in [6.07, 6.45) is 0. The molecule has 0 aliphatic carbocycles. The Hall–Kier alpha value is -2.05. The molecule has 2 aromatic carbocycles. The summed E-state index contributed by atoms with van der Waals surface area (Å²) in [5, 5.41) is 3.03. The van der Waals surface area contributed by atoms with Gasteiger partial charge < -0.3 is 14.8 Å². The summed E-state index contributed by atoms with van der Waals surface area (Å²) in [5.74, 6) is 1.47. The number of nitrogens with one attached hydrogen (secondary N) is 1. The molecule has 0 radical (unpaired) electrons. The second-order valence-corrected chi connectivity index (χ2v) is 7.12. The number of carbonyl (C=O) groups is 1. The van der Waals surface area contributed by atoms with Crippen molar-refractivity contribution in [2.24, 2.45) is 0 Å². The number of likely N-dealkylation sites (N-methyl/N-ethyl adjacent to an activating group) is 1. The molecule has 3 rings (SSSR count). The van der Waals surface area contributed by atoms with Crippen molar-refractivity contribution in [1.29, 1.82) is 0 Å². The Kier molecular flexibility index (Phi) is 5.60. The number of halogens is 1. The molecule has 1 aliphatic heterocycles. The molecule has 1 N–H and O–H groups in total. The Morgan fingerprint density at radius 3 is 2.68 bits per heavy atom. The molecule has 1 amide bonds. The van der Waals surface area contributed by atoms with Crippen LogP contribution in [-0.4, -0.2) is 31.2 Å². The lowest BCUT2D eigenvalue weighted by Crippen LogP contribution is -2.36. The smallest absolute Gasteiger partial charge is 0.234 e. The second-order valence-electron chi connectivity index (χ2n) is 6.20. The van der Waals surface area contributed by atoms with Gasteiger partial charge in [0.15, 0.2) is 11.5 Å². The summed E-state index contributed by atoms with van der Waals surface area (Å²) < 4.78 is 11.7. The van der Waals surface area contributed by atoms with E-state index in [0.717, 1.165) is 28.1 Å². The lowest BCUT2D eigenvalue weighted by Gasteiger charge is -2.19. The zero-order valence-electron chi connectivity index (χ0n) is 14.3. The number of rotatable bonds is 6. The number of hydrogen-bond donors (Lipinski definition) is 1. The fraction of sp³-hybridized carbons (Fsp3) is 0.316. The van der Waals surface area contributed by atoms with E-state index in [-0.39, 0.29) is 18.7 Å². The van der Waals surface area contributed by atoms with E-state index >= 15 is 0 Å². The molecule has 0 saturated heterocycles. The summed E-state index contributed by atoms with van der Waals surface area (Å²) in [7, 11) is 1.94. The summed E-state index contributed by atoms with van der Waals surface area (Å²) in [4.78, 5) is 14.3. The van der Waals surface area contributed by atoms with Gasteiger partial charge in [0.1, 0.15) is 0 Å². The lowest BCUT2D eigenvalue weighted by molar-refractivity contribution is -0.122. The van der Waals surface area contributed by atoms with Crippen LogP contribution in [0.2, 0.25) is 0 Å². The summed E-state index contributed by atoms with van der Waals surface area (Å²) >= 11 is 3.43. The number of fused-ring (bicyclic) bond motifs is 1. The van der Waals surface area contributed by atoms with Crippen LogP contribution in [0.5, 0.6) is 11.5 Å². The Labute approximate surface area is 156 Å². The lowest BCUT2D eigenvalue weighted by atomic mass is 10.1.